The van der Waals surface area contributed by atoms with E-state index in [2.05, 4.69) is 55.6 Å². The molecular formula is C61H111NO10. The maximum Gasteiger partial charge on any atom is 0.305 e. The molecule has 0 aromatic rings. The van der Waals surface area contributed by atoms with Crippen molar-refractivity contribution in [3.8, 4) is 0 Å². The lowest BCUT2D eigenvalue weighted by molar-refractivity contribution is -0.302. The molecule has 1 heterocycles. The van der Waals surface area contributed by atoms with Crippen LogP contribution in [0.15, 0.2) is 48.6 Å². The molecule has 6 N–H and O–H groups in total. The molecule has 420 valence electrons. The van der Waals surface area contributed by atoms with Gasteiger partial charge in [0, 0.05) is 12.8 Å². The molecule has 0 aliphatic carbocycles. The van der Waals surface area contributed by atoms with Gasteiger partial charge in [0.15, 0.2) is 6.29 Å². The van der Waals surface area contributed by atoms with Crippen LogP contribution in [0.5, 0.6) is 0 Å². The molecule has 7 unspecified atom stereocenters. The molecule has 0 aromatic carbocycles. The maximum absolute atomic E-state index is 13.0. The Morgan fingerprint density at radius 3 is 1.44 bits per heavy atom. The minimum absolute atomic E-state index is 0.0155. The van der Waals surface area contributed by atoms with Crippen LogP contribution in [0.3, 0.4) is 0 Å². The molecule has 1 fully saturated rings. The van der Waals surface area contributed by atoms with Crippen molar-refractivity contribution in [2.75, 3.05) is 19.8 Å². The van der Waals surface area contributed by atoms with Crippen molar-refractivity contribution in [1.29, 1.82) is 0 Å². The summed E-state index contributed by atoms with van der Waals surface area (Å²) in [6.07, 6.45) is 53.6. The number of amides is 1. The van der Waals surface area contributed by atoms with Crippen molar-refractivity contribution in [3.63, 3.8) is 0 Å². The van der Waals surface area contributed by atoms with Crippen molar-refractivity contribution < 1.29 is 49.3 Å². The molecule has 1 saturated heterocycles. The smallest absolute Gasteiger partial charge is 0.305 e. The Labute approximate surface area is 440 Å². The highest BCUT2D eigenvalue weighted by atomic mass is 16.7. The number of nitrogens with one attached hydrogen (secondary N) is 1. The number of esters is 1. The van der Waals surface area contributed by atoms with Crippen LogP contribution in [0.2, 0.25) is 0 Å². The number of hydrogen-bond acceptors (Lipinski definition) is 10. The number of hydrogen-bond donors (Lipinski definition) is 6. The maximum atomic E-state index is 13.0. The molecule has 1 amide bonds. The molecule has 1 aliphatic rings. The van der Waals surface area contributed by atoms with Gasteiger partial charge in [0.1, 0.15) is 24.4 Å². The Kier molecular flexibility index (Phi) is 47.7. The first-order valence-corrected chi connectivity index (χ1v) is 29.9. The van der Waals surface area contributed by atoms with E-state index in [1.165, 1.54) is 154 Å². The summed E-state index contributed by atoms with van der Waals surface area (Å²) in [5.74, 6) is -0.211. The highest BCUT2D eigenvalue weighted by Gasteiger charge is 2.44. The molecule has 1 rings (SSSR count). The summed E-state index contributed by atoms with van der Waals surface area (Å²) in [6, 6.07) is -0.817. The number of carbonyl (C=O) groups excluding carboxylic acids is 2. The number of unbranched alkanes of at least 4 members (excludes halogenated alkanes) is 31. The summed E-state index contributed by atoms with van der Waals surface area (Å²) in [5, 5.41) is 54.2. The first-order chi connectivity index (χ1) is 35.2. The van der Waals surface area contributed by atoms with Crippen LogP contribution in [0.25, 0.3) is 0 Å². The number of ether oxygens (including phenoxy) is 3. The minimum Gasteiger partial charge on any atom is -0.466 e. The van der Waals surface area contributed by atoms with Crippen molar-refractivity contribution in [1.82, 2.24) is 5.32 Å². The highest BCUT2D eigenvalue weighted by Crippen LogP contribution is 2.23. The fraction of sp³-hybridized carbons (Fsp3) is 0.836. The molecule has 7 atom stereocenters. The van der Waals surface area contributed by atoms with Crippen LogP contribution in [0.1, 0.15) is 264 Å². The summed E-state index contributed by atoms with van der Waals surface area (Å²) in [4.78, 5) is 25.0. The quantitative estimate of drug-likeness (QED) is 0.0195. The molecule has 0 radical (unpaired) electrons. The Bertz CT molecular complexity index is 1340. The predicted molar refractivity (Wildman–Crippen MR) is 297 cm³/mol. The Morgan fingerprint density at radius 2 is 0.931 bits per heavy atom. The van der Waals surface area contributed by atoms with Gasteiger partial charge in [-0.3, -0.25) is 9.59 Å². The Hall–Kier alpha value is -2.38. The van der Waals surface area contributed by atoms with Gasteiger partial charge in [-0.15, -0.1) is 0 Å². The molecular weight excluding hydrogens is 907 g/mol. The zero-order valence-corrected chi connectivity index (χ0v) is 46.1. The van der Waals surface area contributed by atoms with E-state index in [4.69, 9.17) is 14.2 Å². The Morgan fingerprint density at radius 1 is 0.514 bits per heavy atom. The molecule has 0 spiro atoms. The Balaban J connectivity index is 2.04. The van der Waals surface area contributed by atoms with Gasteiger partial charge in [-0.25, -0.2) is 0 Å². The number of aliphatic hydroxyl groups excluding tert-OH is 5. The fourth-order valence-corrected chi connectivity index (χ4v) is 9.11. The number of aliphatic hydroxyl groups is 5. The minimum atomic E-state index is -1.57. The van der Waals surface area contributed by atoms with Crippen molar-refractivity contribution in [2.45, 2.75) is 307 Å². The van der Waals surface area contributed by atoms with E-state index in [0.29, 0.717) is 19.4 Å². The van der Waals surface area contributed by atoms with E-state index in [-0.39, 0.29) is 18.5 Å². The third-order valence-electron chi connectivity index (χ3n) is 13.9. The van der Waals surface area contributed by atoms with E-state index < -0.39 is 49.5 Å². The predicted octanol–water partition coefficient (Wildman–Crippen LogP) is 13.7. The van der Waals surface area contributed by atoms with Gasteiger partial charge in [-0.2, -0.15) is 0 Å². The van der Waals surface area contributed by atoms with Crippen LogP contribution in [0, 0.1) is 0 Å². The van der Waals surface area contributed by atoms with E-state index in [9.17, 15) is 35.1 Å². The summed E-state index contributed by atoms with van der Waals surface area (Å²) in [7, 11) is 0. The van der Waals surface area contributed by atoms with E-state index in [1.807, 2.05) is 6.08 Å². The topological polar surface area (TPSA) is 175 Å². The standard InChI is InChI=1S/C61H111NO10/c1-3-5-7-9-11-13-14-29-33-37-41-45-49-57(66)70-50-46-42-38-34-30-27-25-23-21-19-17-15-16-18-20-22-24-26-28-32-36-40-44-48-56(65)62-53(54(64)47-43-39-35-31-12-10-8-6-4-2)52-71-61-60(69)59(68)58(67)55(51-63)72-61/h11,13,15,17-18,20,43,47,53-55,58-61,63-64,67-69H,3-10,12,14,16,19,21-42,44-46,48-52H2,1-2H3,(H,62,65)/b13-11-,17-15-,20-18-,47-43+. The van der Waals surface area contributed by atoms with Crippen LogP contribution in [-0.4, -0.2) is 100 Å². The molecule has 0 saturated carbocycles. The average Bonchev–Trinajstić information content (AvgIpc) is 3.38. The number of carbonyl (C=O) groups is 2. The molecule has 11 heteroatoms. The monoisotopic (exact) mass is 1020 g/mol. The van der Waals surface area contributed by atoms with Gasteiger partial charge < -0.3 is 45.1 Å². The number of allylic oxidation sites excluding steroid dienone is 7. The molecule has 1 aliphatic heterocycles. The second-order valence-corrected chi connectivity index (χ2v) is 20.7. The van der Waals surface area contributed by atoms with Crippen molar-refractivity contribution in [2.24, 2.45) is 0 Å². The van der Waals surface area contributed by atoms with Crippen LogP contribution >= 0.6 is 0 Å². The lowest BCUT2D eigenvalue weighted by atomic mass is 9.99. The van der Waals surface area contributed by atoms with Gasteiger partial charge in [-0.05, 0) is 89.9 Å². The second kappa shape index (κ2) is 50.8. The molecule has 11 nitrogen and oxygen atoms in total. The third-order valence-corrected chi connectivity index (χ3v) is 13.9. The molecule has 72 heavy (non-hydrogen) atoms. The van der Waals surface area contributed by atoms with Crippen molar-refractivity contribution >= 4 is 11.9 Å². The summed E-state index contributed by atoms with van der Waals surface area (Å²) < 4.78 is 16.7. The van der Waals surface area contributed by atoms with Crippen LogP contribution < -0.4 is 5.32 Å². The first-order valence-electron chi connectivity index (χ1n) is 29.9. The van der Waals surface area contributed by atoms with E-state index in [1.54, 1.807) is 6.08 Å². The lowest BCUT2D eigenvalue weighted by Crippen LogP contribution is -2.60. The van der Waals surface area contributed by atoms with Gasteiger partial charge in [0.25, 0.3) is 0 Å². The van der Waals surface area contributed by atoms with Crippen LogP contribution in [-0.2, 0) is 23.8 Å². The fourth-order valence-electron chi connectivity index (χ4n) is 9.11. The first kappa shape index (κ1) is 67.6. The molecule has 0 bridgehead atoms. The van der Waals surface area contributed by atoms with Crippen LogP contribution in [0.4, 0.5) is 0 Å². The highest BCUT2D eigenvalue weighted by molar-refractivity contribution is 5.76. The summed E-state index contributed by atoms with van der Waals surface area (Å²) in [6.45, 7) is 4.27. The van der Waals surface area contributed by atoms with Gasteiger partial charge in [0.2, 0.25) is 5.91 Å². The largest absolute Gasteiger partial charge is 0.466 e. The zero-order chi connectivity index (χ0) is 52.4. The number of rotatable bonds is 51. The SMILES string of the molecule is CCCCC/C=C\CCCCCCCC(=O)OCCCCCCCCCCC/C=C\C/C=C\CCCCCCCCCC(=O)NC(COC1OC(CO)C(O)C(O)C1O)C(O)/C=C/CCCCCCCCC. The summed E-state index contributed by atoms with van der Waals surface area (Å²) >= 11 is 0. The lowest BCUT2D eigenvalue weighted by Gasteiger charge is -2.40. The zero-order valence-electron chi connectivity index (χ0n) is 46.1. The van der Waals surface area contributed by atoms with Gasteiger partial charge >= 0.3 is 5.97 Å². The van der Waals surface area contributed by atoms with E-state index >= 15 is 0 Å². The normalized spacial score (nSPS) is 19.3. The summed E-state index contributed by atoms with van der Waals surface area (Å²) in [5.41, 5.74) is 0. The third kappa shape index (κ3) is 40.0. The average molecular weight is 1020 g/mol. The second-order valence-electron chi connectivity index (χ2n) is 20.7. The molecule has 0 aromatic heterocycles. The van der Waals surface area contributed by atoms with Crippen molar-refractivity contribution in [3.05, 3.63) is 48.6 Å². The van der Waals surface area contributed by atoms with Gasteiger partial charge in [-0.1, -0.05) is 210 Å². The van der Waals surface area contributed by atoms with Gasteiger partial charge in [0.05, 0.1) is 32.0 Å². The van der Waals surface area contributed by atoms with E-state index in [0.717, 1.165) is 83.5 Å².